The normalized spacial score (nSPS) is 19.8. The van der Waals surface area contributed by atoms with E-state index in [1.807, 2.05) is 0 Å². The van der Waals surface area contributed by atoms with Crippen LogP contribution in [0.3, 0.4) is 0 Å². The Labute approximate surface area is 129 Å². The summed E-state index contributed by atoms with van der Waals surface area (Å²) in [6.45, 7) is 6.91. The Kier molecular flexibility index (Phi) is 7.79. The molecule has 2 atom stereocenters. The topological polar surface area (TPSA) is 30.5 Å². The van der Waals surface area contributed by atoms with Gasteiger partial charge in [-0.25, -0.2) is 0 Å². The predicted molar refractivity (Wildman–Crippen MR) is 86.8 cm³/mol. The van der Waals surface area contributed by atoms with Crippen molar-refractivity contribution in [3.8, 4) is 0 Å². The molecule has 3 heteroatoms. The fraction of sp³-hybridized carbons (Fsp3) is 0.667. The smallest absolute Gasteiger partial charge is 0.0809 e. The third-order valence-electron chi connectivity index (χ3n) is 4.09. The second kappa shape index (κ2) is 9.93. The molecule has 0 saturated carbocycles. The molecule has 1 heterocycles. The van der Waals surface area contributed by atoms with Crippen molar-refractivity contribution < 1.29 is 9.47 Å². The number of hydrogen-bond acceptors (Lipinski definition) is 3. The maximum absolute atomic E-state index is 5.65. The predicted octanol–water partition coefficient (Wildman–Crippen LogP) is 3.36. The van der Waals surface area contributed by atoms with E-state index in [2.05, 4.69) is 42.6 Å². The molecule has 1 aliphatic heterocycles. The number of hydrogen-bond donors (Lipinski definition) is 1. The van der Waals surface area contributed by atoms with Crippen LogP contribution in [0.1, 0.15) is 44.1 Å². The van der Waals surface area contributed by atoms with Crippen LogP contribution in [0.5, 0.6) is 0 Å². The standard InChI is InChI=1S/C18H29NO2/c1-16(17-7-3-2-4-8-17)10-12-19-11-6-13-20-15-18-9-5-14-21-18/h2-4,7-8,16,18-19H,5-6,9-15H2,1H3. The van der Waals surface area contributed by atoms with E-state index in [1.165, 1.54) is 18.4 Å². The van der Waals surface area contributed by atoms with Crippen molar-refractivity contribution in [2.24, 2.45) is 0 Å². The summed E-state index contributed by atoms with van der Waals surface area (Å²) in [5, 5.41) is 3.50. The summed E-state index contributed by atoms with van der Waals surface area (Å²) in [4.78, 5) is 0. The molecule has 1 fully saturated rings. The van der Waals surface area contributed by atoms with E-state index in [0.29, 0.717) is 12.0 Å². The first-order valence-corrected chi connectivity index (χ1v) is 8.31. The van der Waals surface area contributed by atoms with Gasteiger partial charge >= 0.3 is 0 Å². The van der Waals surface area contributed by atoms with Crippen LogP contribution in [0.2, 0.25) is 0 Å². The SMILES string of the molecule is CC(CCNCCCOCC1CCCO1)c1ccccc1. The highest BCUT2D eigenvalue weighted by Gasteiger charge is 2.14. The van der Waals surface area contributed by atoms with Crippen molar-refractivity contribution in [2.75, 3.05) is 32.9 Å². The molecule has 0 aromatic heterocycles. The zero-order valence-electron chi connectivity index (χ0n) is 13.2. The van der Waals surface area contributed by atoms with Gasteiger partial charge in [0.15, 0.2) is 0 Å². The van der Waals surface area contributed by atoms with Crippen LogP contribution in [0.25, 0.3) is 0 Å². The Bertz CT molecular complexity index is 363. The van der Waals surface area contributed by atoms with Crippen LogP contribution in [0, 0.1) is 0 Å². The summed E-state index contributed by atoms with van der Waals surface area (Å²) in [6.07, 6.45) is 4.96. The molecule has 118 valence electrons. The Morgan fingerprint density at radius 3 is 2.90 bits per heavy atom. The van der Waals surface area contributed by atoms with Crippen molar-refractivity contribution in [2.45, 2.75) is 44.6 Å². The summed E-state index contributed by atoms with van der Waals surface area (Å²) in [6, 6.07) is 10.7. The van der Waals surface area contributed by atoms with Crippen LogP contribution in [0.4, 0.5) is 0 Å². The Morgan fingerprint density at radius 1 is 1.29 bits per heavy atom. The lowest BCUT2D eigenvalue weighted by molar-refractivity contribution is 0.0166. The second-order valence-corrected chi connectivity index (χ2v) is 5.91. The highest BCUT2D eigenvalue weighted by atomic mass is 16.5. The van der Waals surface area contributed by atoms with E-state index in [9.17, 15) is 0 Å². The minimum Gasteiger partial charge on any atom is -0.379 e. The van der Waals surface area contributed by atoms with Gasteiger partial charge in [-0.2, -0.15) is 0 Å². The lowest BCUT2D eigenvalue weighted by Gasteiger charge is -2.13. The molecule has 0 amide bonds. The molecule has 21 heavy (non-hydrogen) atoms. The van der Waals surface area contributed by atoms with Gasteiger partial charge in [-0.05, 0) is 50.3 Å². The molecular formula is C18H29NO2. The highest BCUT2D eigenvalue weighted by molar-refractivity contribution is 5.18. The first-order chi connectivity index (χ1) is 10.4. The quantitative estimate of drug-likeness (QED) is 0.671. The van der Waals surface area contributed by atoms with Gasteiger partial charge in [-0.15, -0.1) is 0 Å². The van der Waals surface area contributed by atoms with Crippen LogP contribution in [-0.4, -0.2) is 39.0 Å². The van der Waals surface area contributed by atoms with Gasteiger partial charge in [0.1, 0.15) is 0 Å². The minimum atomic E-state index is 0.352. The largest absolute Gasteiger partial charge is 0.379 e. The molecule has 1 aromatic rings. The first-order valence-electron chi connectivity index (χ1n) is 8.31. The van der Waals surface area contributed by atoms with Crippen molar-refractivity contribution in [3.05, 3.63) is 35.9 Å². The molecule has 2 unspecified atom stereocenters. The van der Waals surface area contributed by atoms with Gasteiger partial charge in [0.05, 0.1) is 12.7 Å². The number of ether oxygens (including phenoxy) is 2. The van der Waals surface area contributed by atoms with Crippen LogP contribution in [0.15, 0.2) is 30.3 Å². The summed E-state index contributed by atoms with van der Waals surface area (Å²) < 4.78 is 11.2. The molecule has 0 radical (unpaired) electrons. The first kappa shape index (κ1) is 16.5. The van der Waals surface area contributed by atoms with E-state index in [4.69, 9.17) is 9.47 Å². The lowest BCUT2D eigenvalue weighted by Crippen LogP contribution is -2.21. The summed E-state index contributed by atoms with van der Waals surface area (Å²) in [5.41, 5.74) is 1.43. The third kappa shape index (κ3) is 6.60. The number of benzene rings is 1. The van der Waals surface area contributed by atoms with E-state index in [-0.39, 0.29) is 0 Å². The van der Waals surface area contributed by atoms with E-state index < -0.39 is 0 Å². The maximum atomic E-state index is 5.65. The van der Waals surface area contributed by atoms with Crippen LogP contribution < -0.4 is 5.32 Å². The number of rotatable bonds is 10. The monoisotopic (exact) mass is 291 g/mol. The Morgan fingerprint density at radius 2 is 2.14 bits per heavy atom. The minimum absolute atomic E-state index is 0.352. The van der Waals surface area contributed by atoms with Crippen LogP contribution in [-0.2, 0) is 9.47 Å². The average Bonchev–Trinajstić information content (AvgIpc) is 3.04. The fourth-order valence-corrected chi connectivity index (χ4v) is 2.68. The average molecular weight is 291 g/mol. The molecule has 2 rings (SSSR count). The Balaban J connectivity index is 1.41. The Hall–Kier alpha value is -0.900. The van der Waals surface area contributed by atoms with Gasteiger partial charge < -0.3 is 14.8 Å². The van der Waals surface area contributed by atoms with Gasteiger partial charge in [0, 0.05) is 13.2 Å². The maximum Gasteiger partial charge on any atom is 0.0809 e. The summed E-state index contributed by atoms with van der Waals surface area (Å²) >= 11 is 0. The summed E-state index contributed by atoms with van der Waals surface area (Å²) in [7, 11) is 0. The molecule has 0 spiro atoms. The molecule has 3 nitrogen and oxygen atoms in total. The molecule has 0 bridgehead atoms. The fourth-order valence-electron chi connectivity index (χ4n) is 2.68. The lowest BCUT2D eigenvalue weighted by atomic mass is 9.98. The molecule has 1 N–H and O–H groups in total. The van der Waals surface area contributed by atoms with Crippen molar-refractivity contribution in [1.82, 2.24) is 5.32 Å². The van der Waals surface area contributed by atoms with Gasteiger partial charge in [0.25, 0.3) is 0 Å². The molecule has 1 aromatic carbocycles. The summed E-state index contributed by atoms with van der Waals surface area (Å²) in [5.74, 6) is 0.620. The molecule has 1 aliphatic rings. The van der Waals surface area contributed by atoms with E-state index in [0.717, 1.165) is 45.8 Å². The van der Waals surface area contributed by atoms with E-state index >= 15 is 0 Å². The second-order valence-electron chi connectivity index (χ2n) is 5.91. The van der Waals surface area contributed by atoms with Crippen molar-refractivity contribution >= 4 is 0 Å². The molecule has 1 saturated heterocycles. The van der Waals surface area contributed by atoms with Crippen molar-refractivity contribution in [3.63, 3.8) is 0 Å². The van der Waals surface area contributed by atoms with Gasteiger partial charge in [-0.1, -0.05) is 37.3 Å². The zero-order valence-corrected chi connectivity index (χ0v) is 13.2. The van der Waals surface area contributed by atoms with Crippen LogP contribution >= 0.6 is 0 Å². The molecule has 0 aliphatic carbocycles. The molecular weight excluding hydrogens is 262 g/mol. The third-order valence-corrected chi connectivity index (χ3v) is 4.09. The van der Waals surface area contributed by atoms with Crippen molar-refractivity contribution in [1.29, 1.82) is 0 Å². The number of nitrogens with one attached hydrogen (secondary N) is 1. The highest BCUT2D eigenvalue weighted by Crippen LogP contribution is 2.17. The zero-order chi connectivity index (χ0) is 14.8. The van der Waals surface area contributed by atoms with Gasteiger partial charge in [-0.3, -0.25) is 0 Å². The van der Waals surface area contributed by atoms with Gasteiger partial charge in [0.2, 0.25) is 0 Å². The van der Waals surface area contributed by atoms with E-state index in [1.54, 1.807) is 0 Å².